The van der Waals surface area contributed by atoms with Crippen molar-refractivity contribution in [1.29, 1.82) is 0 Å². The fourth-order valence-electron chi connectivity index (χ4n) is 4.33. The number of amides is 1. The van der Waals surface area contributed by atoms with Crippen molar-refractivity contribution in [2.75, 3.05) is 0 Å². The summed E-state index contributed by atoms with van der Waals surface area (Å²) < 4.78 is 17.3. The van der Waals surface area contributed by atoms with Crippen molar-refractivity contribution in [3.8, 4) is 5.69 Å². The lowest BCUT2D eigenvalue weighted by molar-refractivity contribution is 0.0934. The van der Waals surface area contributed by atoms with Crippen molar-refractivity contribution < 1.29 is 9.18 Å². The van der Waals surface area contributed by atoms with Crippen LogP contribution in [0.4, 0.5) is 4.39 Å². The Balaban J connectivity index is 1.52. The summed E-state index contributed by atoms with van der Waals surface area (Å²) in [6, 6.07) is 13.7. The molecule has 1 atom stereocenters. The molecule has 4 aromatic rings. The lowest BCUT2D eigenvalue weighted by atomic mass is 10.1. The van der Waals surface area contributed by atoms with Gasteiger partial charge in [-0.2, -0.15) is 5.10 Å². The highest BCUT2D eigenvalue weighted by Crippen LogP contribution is 2.29. The van der Waals surface area contributed by atoms with E-state index in [-0.39, 0.29) is 11.7 Å². The Morgan fingerprint density at radius 1 is 1.09 bits per heavy atom. The summed E-state index contributed by atoms with van der Waals surface area (Å²) in [4.78, 5) is 17.9. The van der Waals surface area contributed by atoms with Gasteiger partial charge in [0.25, 0.3) is 5.91 Å². The van der Waals surface area contributed by atoms with E-state index in [2.05, 4.69) is 10.3 Å². The first-order valence-electron chi connectivity index (χ1n) is 10.7. The highest BCUT2D eigenvalue weighted by atomic mass is 19.1. The molecule has 1 unspecified atom stereocenters. The minimum atomic E-state index is -0.523. The average molecular weight is 429 g/mol. The smallest absolute Gasteiger partial charge is 0.272 e. The third-order valence-corrected chi connectivity index (χ3v) is 6.02. The van der Waals surface area contributed by atoms with Gasteiger partial charge in [-0.15, -0.1) is 0 Å². The molecule has 0 aliphatic heterocycles. The first-order chi connectivity index (χ1) is 15.5. The van der Waals surface area contributed by atoms with Crippen LogP contribution in [0.1, 0.15) is 51.2 Å². The van der Waals surface area contributed by atoms with Gasteiger partial charge >= 0.3 is 0 Å². The van der Waals surface area contributed by atoms with Crippen molar-refractivity contribution in [3.63, 3.8) is 0 Å². The van der Waals surface area contributed by atoms with Crippen molar-refractivity contribution in [1.82, 2.24) is 24.6 Å². The maximum absolute atomic E-state index is 13.5. The van der Waals surface area contributed by atoms with E-state index in [4.69, 9.17) is 5.10 Å². The summed E-state index contributed by atoms with van der Waals surface area (Å²) in [5.74, 6) is 0.0826. The summed E-state index contributed by atoms with van der Waals surface area (Å²) in [5.41, 5.74) is 5.41. The third-order valence-electron chi connectivity index (χ3n) is 6.02. The van der Waals surface area contributed by atoms with Crippen LogP contribution in [0.15, 0.2) is 60.9 Å². The van der Waals surface area contributed by atoms with Gasteiger partial charge in [0.05, 0.1) is 5.69 Å². The Hall–Kier alpha value is -3.74. The summed E-state index contributed by atoms with van der Waals surface area (Å²) in [5, 5.41) is 7.81. The van der Waals surface area contributed by atoms with Crippen molar-refractivity contribution in [2.24, 2.45) is 7.05 Å². The van der Waals surface area contributed by atoms with Crippen LogP contribution < -0.4 is 5.32 Å². The predicted molar refractivity (Wildman–Crippen MR) is 119 cm³/mol. The molecule has 32 heavy (non-hydrogen) atoms. The molecule has 0 bridgehead atoms. The first kappa shape index (κ1) is 20.2. The zero-order chi connectivity index (χ0) is 22.2. The topological polar surface area (TPSA) is 64.7 Å². The molecule has 6 nitrogen and oxygen atoms in total. The summed E-state index contributed by atoms with van der Waals surface area (Å²) >= 11 is 0. The number of aromatic nitrogens is 4. The van der Waals surface area contributed by atoms with Gasteiger partial charge < -0.3 is 9.88 Å². The molecule has 2 aromatic heterocycles. The third kappa shape index (κ3) is 3.60. The van der Waals surface area contributed by atoms with E-state index in [1.54, 1.807) is 18.3 Å². The molecule has 162 valence electrons. The fraction of sp³-hybridized carbons (Fsp3) is 0.240. The van der Waals surface area contributed by atoms with Gasteiger partial charge in [-0.3, -0.25) is 4.79 Å². The van der Waals surface area contributed by atoms with E-state index in [1.807, 2.05) is 53.7 Å². The van der Waals surface area contributed by atoms with Gasteiger partial charge in [0.2, 0.25) is 0 Å². The second-order valence-electron chi connectivity index (χ2n) is 8.23. The molecule has 5 rings (SSSR count). The predicted octanol–water partition coefficient (Wildman–Crippen LogP) is 4.06. The van der Waals surface area contributed by atoms with Crippen LogP contribution in [0.2, 0.25) is 0 Å². The first-order valence-corrected chi connectivity index (χ1v) is 10.7. The minimum absolute atomic E-state index is 0.258. The highest BCUT2D eigenvalue weighted by Gasteiger charge is 2.29. The number of halogens is 1. The van der Waals surface area contributed by atoms with E-state index in [1.165, 1.54) is 17.7 Å². The van der Waals surface area contributed by atoms with Crippen LogP contribution in [0, 0.1) is 12.7 Å². The number of rotatable bonds is 5. The number of carbonyl (C=O) groups is 1. The van der Waals surface area contributed by atoms with Crippen molar-refractivity contribution in [2.45, 2.75) is 32.2 Å². The van der Waals surface area contributed by atoms with Crippen LogP contribution in [0.5, 0.6) is 0 Å². The van der Waals surface area contributed by atoms with Crippen LogP contribution in [0.25, 0.3) is 5.69 Å². The summed E-state index contributed by atoms with van der Waals surface area (Å²) in [6.45, 7) is 2.05. The molecule has 0 fully saturated rings. The molecule has 1 aliphatic rings. The molecule has 7 heteroatoms. The van der Waals surface area contributed by atoms with Crippen LogP contribution in [0.3, 0.4) is 0 Å². The van der Waals surface area contributed by atoms with Crippen LogP contribution in [-0.2, 0) is 19.9 Å². The number of fused-ring (bicyclic) bond motifs is 1. The number of nitrogens with one attached hydrogen (secondary N) is 1. The van der Waals surface area contributed by atoms with Gasteiger partial charge in [0.15, 0.2) is 5.69 Å². The van der Waals surface area contributed by atoms with Gasteiger partial charge in [-0.25, -0.2) is 14.1 Å². The molecule has 0 spiro atoms. The Morgan fingerprint density at radius 3 is 2.53 bits per heavy atom. The average Bonchev–Trinajstić information content (AvgIpc) is 3.50. The van der Waals surface area contributed by atoms with Gasteiger partial charge in [-0.1, -0.05) is 29.8 Å². The Kier molecular flexibility index (Phi) is 5.09. The molecule has 0 saturated carbocycles. The van der Waals surface area contributed by atoms with Crippen molar-refractivity contribution >= 4 is 5.91 Å². The number of hydrogen-bond acceptors (Lipinski definition) is 3. The lowest BCUT2D eigenvalue weighted by Gasteiger charge is -2.19. The quantitative estimate of drug-likeness (QED) is 0.520. The number of benzene rings is 2. The lowest BCUT2D eigenvalue weighted by Crippen LogP contribution is -2.32. The Bertz CT molecular complexity index is 1270. The van der Waals surface area contributed by atoms with Crippen LogP contribution in [-0.4, -0.2) is 25.2 Å². The molecule has 2 aromatic carbocycles. The van der Waals surface area contributed by atoms with E-state index in [9.17, 15) is 9.18 Å². The standard InChI is InChI=1S/C25H24FN5O/c1-16-6-12-19(13-7-16)31-21-5-3-4-20(21)23(29-31)25(32)28-22(24-27-14-15-30(24)2)17-8-10-18(26)11-9-17/h6-15,22H,3-5H2,1-2H3,(H,28,32). The second kappa shape index (κ2) is 8.07. The maximum Gasteiger partial charge on any atom is 0.272 e. The van der Waals surface area contributed by atoms with Crippen LogP contribution >= 0.6 is 0 Å². The van der Waals surface area contributed by atoms with Gasteiger partial charge in [-0.05, 0) is 56.0 Å². The summed E-state index contributed by atoms with van der Waals surface area (Å²) in [6.07, 6.45) is 6.22. The molecule has 1 aliphatic carbocycles. The maximum atomic E-state index is 13.5. The zero-order valence-corrected chi connectivity index (χ0v) is 18.0. The zero-order valence-electron chi connectivity index (χ0n) is 18.0. The van der Waals surface area contributed by atoms with Crippen molar-refractivity contribution in [3.05, 3.63) is 101 Å². The normalized spacial score (nSPS) is 13.7. The highest BCUT2D eigenvalue weighted by molar-refractivity contribution is 5.94. The Morgan fingerprint density at radius 2 is 1.84 bits per heavy atom. The number of carbonyl (C=O) groups excluding carboxylic acids is 1. The Labute approximate surface area is 185 Å². The van der Waals surface area contributed by atoms with E-state index in [0.717, 1.165) is 41.8 Å². The largest absolute Gasteiger partial charge is 0.337 e. The number of hydrogen-bond donors (Lipinski definition) is 1. The number of aryl methyl sites for hydroxylation is 2. The molecule has 2 heterocycles. The molecule has 1 N–H and O–H groups in total. The minimum Gasteiger partial charge on any atom is -0.337 e. The van der Waals surface area contributed by atoms with Gasteiger partial charge in [0.1, 0.15) is 17.7 Å². The molecule has 1 amide bonds. The second-order valence-corrected chi connectivity index (χ2v) is 8.23. The van der Waals surface area contributed by atoms with E-state index >= 15 is 0 Å². The molecular formula is C25H24FN5O. The number of imidazole rings is 1. The molecule has 0 saturated heterocycles. The van der Waals surface area contributed by atoms with E-state index < -0.39 is 6.04 Å². The monoisotopic (exact) mass is 429 g/mol. The van der Waals surface area contributed by atoms with Gasteiger partial charge in [0, 0.05) is 30.7 Å². The fourth-order valence-corrected chi connectivity index (χ4v) is 4.33. The number of nitrogens with zero attached hydrogens (tertiary/aromatic N) is 4. The molecule has 0 radical (unpaired) electrons. The molecular weight excluding hydrogens is 405 g/mol. The summed E-state index contributed by atoms with van der Waals surface area (Å²) in [7, 11) is 1.87. The van der Waals surface area contributed by atoms with E-state index in [0.29, 0.717) is 11.5 Å². The SMILES string of the molecule is Cc1ccc(-n2nc(C(=O)NC(c3ccc(F)cc3)c3nccn3C)c3c2CCC3)cc1.